The largest absolute Gasteiger partial charge is 0.338 e. The molecule has 62 valence electrons. The Morgan fingerprint density at radius 3 is 3.08 bits per heavy atom. The van der Waals surface area contributed by atoms with Crippen molar-refractivity contribution in [3.8, 4) is 11.4 Å². The van der Waals surface area contributed by atoms with Crippen molar-refractivity contribution in [1.82, 2.24) is 10.1 Å². The van der Waals surface area contributed by atoms with Crippen LogP contribution in [0.4, 0.5) is 0 Å². The summed E-state index contributed by atoms with van der Waals surface area (Å²) in [6.45, 7) is 0. The normalized spacial score (nSPS) is 10.4. The number of hydrogen-bond donors (Lipinski definition) is 0. The molecule has 0 fully saturated rings. The third-order valence-corrected chi connectivity index (χ3v) is 2.52. The van der Waals surface area contributed by atoms with Crippen LogP contribution >= 0.6 is 27.3 Å². The molecule has 0 aliphatic rings. The van der Waals surface area contributed by atoms with Gasteiger partial charge in [0.25, 0.3) is 0 Å². The maximum Gasteiger partial charge on any atom is 0.237 e. The van der Waals surface area contributed by atoms with E-state index in [0.29, 0.717) is 17.0 Å². The molecule has 5 heteroatoms. The van der Waals surface area contributed by atoms with E-state index in [2.05, 4.69) is 26.1 Å². The smallest absolute Gasteiger partial charge is 0.237 e. The fraction of sp³-hybridized carbons (Fsp3) is 0.143. The van der Waals surface area contributed by atoms with Gasteiger partial charge in [-0.25, -0.2) is 0 Å². The molecule has 3 nitrogen and oxygen atoms in total. The average molecular weight is 245 g/mol. The van der Waals surface area contributed by atoms with Gasteiger partial charge in [-0.2, -0.15) is 16.3 Å². The van der Waals surface area contributed by atoms with Gasteiger partial charge in [-0.3, -0.25) is 0 Å². The van der Waals surface area contributed by atoms with Crippen LogP contribution in [-0.2, 0) is 5.33 Å². The summed E-state index contributed by atoms with van der Waals surface area (Å²) in [4.78, 5) is 4.15. The summed E-state index contributed by atoms with van der Waals surface area (Å²) in [5.41, 5.74) is 1.01. The van der Waals surface area contributed by atoms with Crippen LogP contribution in [0.15, 0.2) is 21.3 Å². The first kappa shape index (κ1) is 7.94. The SMILES string of the molecule is BrCc1nc(-c2ccsc2)no1. The van der Waals surface area contributed by atoms with Gasteiger partial charge < -0.3 is 4.52 Å². The molecule has 2 aromatic heterocycles. The van der Waals surface area contributed by atoms with Gasteiger partial charge in [0, 0.05) is 10.9 Å². The van der Waals surface area contributed by atoms with Gasteiger partial charge >= 0.3 is 0 Å². The maximum absolute atomic E-state index is 4.93. The highest BCUT2D eigenvalue weighted by molar-refractivity contribution is 9.08. The third-order valence-electron chi connectivity index (χ3n) is 1.36. The fourth-order valence-electron chi connectivity index (χ4n) is 0.818. The lowest BCUT2D eigenvalue weighted by Gasteiger charge is -1.81. The number of rotatable bonds is 2. The number of aromatic nitrogens is 2. The van der Waals surface area contributed by atoms with Gasteiger partial charge in [0.15, 0.2) is 0 Å². The van der Waals surface area contributed by atoms with Crippen LogP contribution in [0.2, 0.25) is 0 Å². The Bertz CT molecular complexity index is 357. The molecule has 0 radical (unpaired) electrons. The van der Waals surface area contributed by atoms with Crippen LogP contribution in [-0.4, -0.2) is 10.1 Å². The molecule has 0 unspecified atom stereocenters. The lowest BCUT2D eigenvalue weighted by atomic mass is 10.3. The fourth-order valence-corrected chi connectivity index (χ4v) is 1.68. The van der Waals surface area contributed by atoms with Crippen molar-refractivity contribution in [3.05, 3.63) is 22.7 Å². The quantitative estimate of drug-likeness (QED) is 0.763. The van der Waals surface area contributed by atoms with Crippen LogP contribution in [0, 0.1) is 0 Å². The summed E-state index contributed by atoms with van der Waals surface area (Å²) in [6.07, 6.45) is 0. The molecule has 0 saturated heterocycles. The summed E-state index contributed by atoms with van der Waals surface area (Å²) in [5, 5.41) is 8.40. The first-order valence-electron chi connectivity index (χ1n) is 3.31. The maximum atomic E-state index is 4.93. The first-order valence-corrected chi connectivity index (χ1v) is 5.37. The van der Waals surface area contributed by atoms with Crippen LogP contribution < -0.4 is 0 Å². The Labute approximate surface area is 81.5 Å². The molecule has 2 rings (SSSR count). The molecule has 12 heavy (non-hydrogen) atoms. The van der Waals surface area contributed by atoms with E-state index in [1.807, 2.05) is 16.8 Å². The first-order chi connectivity index (χ1) is 5.90. The average Bonchev–Trinajstić information content (AvgIpc) is 2.75. The van der Waals surface area contributed by atoms with Crippen molar-refractivity contribution in [2.24, 2.45) is 0 Å². The number of thiophene rings is 1. The number of hydrogen-bond acceptors (Lipinski definition) is 4. The van der Waals surface area contributed by atoms with E-state index in [1.165, 1.54) is 0 Å². The predicted molar refractivity (Wildman–Crippen MR) is 50.2 cm³/mol. The summed E-state index contributed by atoms with van der Waals surface area (Å²) < 4.78 is 4.93. The Hall–Kier alpha value is -0.680. The molecule has 0 aliphatic heterocycles. The van der Waals surface area contributed by atoms with Crippen molar-refractivity contribution in [2.45, 2.75) is 5.33 Å². The molecule has 0 saturated carbocycles. The lowest BCUT2D eigenvalue weighted by Crippen LogP contribution is -1.77. The van der Waals surface area contributed by atoms with Crippen LogP contribution in [0.1, 0.15) is 5.89 Å². The van der Waals surface area contributed by atoms with E-state index in [0.717, 1.165) is 5.56 Å². The van der Waals surface area contributed by atoms with E-state index in [4.69, 9.17) is 4.52 Å². The minimum absolute atomic E-state index is 0.601. The summed E-state index contributed by atoms with van der Waals surface area (Å²) in [5.74, 6) is 1.27. The van der Waals surface area contributed by atoms with Crippen molar-refractivity contribution >= 4 is 27.3 Å². The summed E-state index contributed by atoms with van der Waals surface area (Å²) in [7, 11) is 0. The standard InChI is InChI=1S/C7H5BrN2OS/c8-3-6-9-7(10-11-6)5-1-2-12-4-5/h1-2,4H,3H2. The van der Waals surface area contributed by atoms with Gasteiger partial charge in [0.05, 0.1) is 5.33 Å². The molecular weight excluding hydrogens is 240 g/mol. The number of halogens is 1. The van der Waals surface area contributed by atoms with E-state index >= 15 is 0 Å². The van der Waals surface area contributed by atoms with Crippen molar-refractivity contribution in [3.63, 3.8) is 0 Å². The molecule has 2 aromatic rings. The Morgan fingerprint density at radius 2 is 2.50 bits per heavy atom. The zero-order valence-corrected chi connectivity index (χ0v) is 8.43. The van der Waals surface area contributed by atoms with Gasteiger partial charge in [-0.15, -0.1) is 0 Å². The second-order valence-electron chi connectivity index (χ2n) is 2.16. The van der Waals surface area contributed by atoms with Crippen LogP contribution in [0.3, 0.4) is 0 Å². The number of nitrogens with zero attached hydrogens (tertiary/aromatic N) is 2. The Morgan fingerprint density at radius 1 is 1.58 bits per heavy atom. The Balaban J connectivity index is 2.35. The van der Waals surface area contributed by atoms with Crippen LogP contribution in [0.25, 0.3) is 11.4 Å². The second-order valence-corrected chi connectivity index (χ2v) is 3.50. The van der Waals surface area contributed by atoms with Gasteiger partial charge in [-0.05, 0) is 11.4 Å². The Kier molecular flexibility index (Phi) is 2.23. The van der Waals surface area contributed by atoms with Crippen LogP contribution in [0.5, 0.6) is 0 Å². The highest BCUT2D eigenvalue weighted by atomic mass is 79.9. The summed E-state index contributed by atoms with van der Waals surface area (Å²) >= 11 is 4.86. The molecule has 0 spiro atoms. The van der Waals surface area contributed by atoms with Crippen molar-refractivity contribution in [1.29, 1.82) is 0 Å². The highest BCUT2D eigenvalue weighted by Gasteiger charge is 2.06. The molecule has 0 bridgehead atoms. The van der Waals surface area contributed by atoms with Crippen molar-refractivity contribution < 1.29 is 4.52 Å². The topological polar surface area (TPSA) is 38.9 Å². The highest BCUT2D eigenvalue weighted by Crippen LogP contribution is 2.18. The van der Waals surface area contributed by atoms with E-state index in [9.17, 15) is 0 Å². The summed E-state index contributed by atoms with van der Waals surface area (Å²) in [6, 6.07) is 1.97. The van der Waals surface area contributed by atoms with Gasteiger partial charge in [0.1, 0.15) is 0 Å². The van der Waals surface area contributed by atoms with E-state index in [-0.39, 0.29) is 0 Å². The van der Waals surface area contributed by atoms with E-state index in [1.54, 1.807) is 11.3 Å². The third kappa shape index (κ3) is 1.42. The molecule has 0 N–H and O–H groups in total. The van der Waals surface area contributed by atoms with Gasteiger partial charge in [-0.1, -0.05) is 21.1 Å². The lowest BCUT2D eigenvalue weighted by molar-refractivity contribution is 0.392. The molecule has 0 atom stereocenters. The monoisotopic (exact) mass is 244 g/mol. The minimum Gasteiger partial charge on any atom is -0.338 e. The predicted octanol–water partition coefficient (Wildman–Crippen LogP) is 2.69. The zero-order valence-electron chi connectivity index (χ0n) is 6.03. The van der Waals surface area contributed by atoms with E-state index < -0.39 is 0 Å². The van der Waals surface area contributed by atoms with Crippen molar-refractivity contribution in [2.75, 3.05) is 0 Å². The molecule has 2 heterocycles. The number of alkyl halides is 1. The zero-order chi connectivity index (χ0) is 8.39. The van der Waals surface area contributed by atoms with Gasteiger partial charge in [0.2, 0.25) is 11.7 Å². The second kappa shape index (κ2) is 3.37. The molecule has 0 aromatic carbocycles. The molecular formula is C7H5BrN2OS. The molecule has 0 amide bonds. The molecule has 0 aliphatic carbocycles. The minimum atomic E-state index is 0.601.